The van der Waals surface area contributed by atoms with E-state index in [4.69, 9.17) is 34.8 Å². The van der Waals surface area contributed by atoms with E-state index in [0.29, 0.717) is 32.1 Å². The normalized spacial score (nSPS) is 11.7. The fourth-order valence-electron chi connectivity index (χ4n) is 3.10. The Labute approximate surface area is 181 Å². The van der Waals surface area contributed by atoms with Gasteiger partial charge in [-0.1, -0.05) is 53.0 Å². The molecule has 1 aromatic heterocycles. The summed E-state index contributed by atoms with van der Waals surface area (Å²) in [6.07, 6.45) is 1.24. The van der Waals surface area contributed by atoms with Crippen LogP contribution in [0, 0.1) is 5.82 Å². The molecule has 8 heteroatoms. The zero-order valence-corrected chi connectivity index (χ0v) is 17.6. The molecule has 0 fully saturated rings. The van der Waals surface area contributed by atoms with Gasteiger partial charge in [-0.05, 0) is 48.0 Å². The van der Waals surface area contributed by atoms with E-state index in [-0.39, 0.29) is 14.8 Å². The van der Waals surface area contributed by atoms with Gasteiger partial charge in [0.1, 0.15) is 5.82 Å². The SMILES string of the molecule is O=S(=O)(c1cc(F)cc(Cl)c1)c1cnc2cc(Cl)ccc2c1-c1cccc(Cl)c1. The van der Waals surface area contributed by atoms with Crippen LogP contribution in [-0.2, 0) is 9.84 Å². The van der Waals surface area contributed by atoms with Crippen molar-refractivity contribution in [2.24, 2.45) is 0 Å². The van der Waals surface area contributed by atoms with Gasteiger partial charge in [-0.15, -0.1) is 0 Å². The summed E-state index contributed by atoms with van der Waals surface area (Å²) in [6.45, 7) is 0. The number of rotatable bonds is 3. The van der Waals surface area contributed by atoms with Gasteiger partial charge in [0, 0.05) is 32.2 Å². The number of benzene rings is 3. The smallest absolute Gasteiger partial charge is 0.208 e. The van der Waals surface area contributed by atoms with E-state index in [9.17, 15) is 12.8 Å². The summed E-state index contributed by atoms with van der Waals surface area (Å²) in [5, 5.41) is 1.46. The molecule has 0 aliphatic carbocycles. The average Bonchev–Trinajstić information content (AvgIpc) is 2.66. The van der Waals surface area contributed by atoms with Crippen LogP contribution >= 0.6 is 34.8 Å². The third-order valence-corrected chi connectivity index (χ3v) is 6.78. The number of hydrogen-bond acceptors (Lipinski definition) is 3. The second-order valence-corrected chi connectivity index (χ2v) is 9.51. The molecule has 0 radical (unpaired) electrons. The molecule has 0 aliphatic rings. The molecule has 4 rings (SSSR count). The fraction of sp³-hybridized carbons (Fsp3) is 0. The van der Waals surface area contributed by atoms with Crippen LogP contribution in [0.5, 0.6) is 0 Å². The summed E-state index contributed by atoms with van der Waals surface area (Å²) in [5.74, 6) is -0.749. The predicted octanol–water partition coefficient (Wildman–Crippen LogP) is 6.83. The predicted molar refractivity (Wildman–Crippen MR) is 114 cm³/mol. The zero-order chi connectivity index (χ0) is 20.8. The number of fused-ring (bicyclic) bond motifs is 1. The standard InChI is InChI=1S/C21H11Cl3FNO2S/c22-13-3-1-2-12(6-13)21-18-5-4-14(23)9-19(18)26-11-20(21)29(27,28)17-8-15(24)7-16(25)10-17/h1-11H. The quantitative estimate of drug-likeness (QED) is 0.332. The summed E-state index contributed by atoms with van der Waals surface area (Å²) in [4.78, 5) is 3.91. The molecule has 0 bridgehead atoms. The molecule has 0 saturated carbocycles. The Bertz CT molecular complexity index is 1350. The van der Waals surface area contributed by atoms with Crippen molar-refractivity contribution in [2.45, 2.75) is 9.79 Å². The number of halogens is 4. The molecule has 0 unspecified atom stereocenters. The maximum Gasteiger partial charge on any atom is 0.208 e. The van der Waals surface area contributed by atoms with E-state index in [0.717, 1.165) is 12.1 Å². The minimum Gasteiger partial charge on any atom is -0.255 e. The molecule has 146 valence electrons. The number of hydrogen-bond donors (Lipinski definition) is 0. The van der Waals surface area contributed by atoms with Gasteiger partial charge in [0.25, 0.3) is 0 Å². The van der Waals surface area contributed by atoms with E-state index in [1.54, 1.807) is 42.5 Å². The maximum absolute atomic E-state index is 13.9. The summed E-state index contributed by atoms with van der Waals surface area (Å²) in [7, 11) is -4.14. The highest BCUT2D eigenvalue weighted by atomic mass is 35.5. The van der Waals surface area contributed by atoms with E-state index in [1.807, 2.05) is 0 Å². The number of sulfone groups is 1. The summed E-state index contributed by atoms with van der Waals surface area (Å²) in [5.41, 5.74) is 1.49. The van der Waals surface area contributed by atoms with Gasteiger partial charge in [-0.2, -0.15) is 0 Å². The third kappa shape index (κ3) is 3.83. The van der Waals surface area contributed by atoms with Crippen LogP contribution in [0.15, 0.2) is 76.7 Å². The van der Waals surface area contributed by atoms with Crippen LogP contribution in [0.1, 0.15) is 0 Å². The topological polar surface area (TPSA) is 47.0 Å². The molecular weight excluding hydrogens is 456 g/mol. The lowest BCUT2D eigenvalue weighted by Gasteiger charge is -2.14. The molecule has 3 aromatic carbocycles. The summed E-state index contributed by atoms with van der Waals surface area (Å²) < 4.78 is 40.7. The fourth-order valence-corrected chi connectivity index (χ4v) is 5.24. The lowest BCUT2D eigenvalue weighted by molar-refractivity contribution is 0.591. The first kappa shape index (κ1) is 20.1. The number of pyridine rings is 1. The Hall–Kier alpha value is -2.18. The third-order valence-electron chi connectivity index (χ3n) is 4.35. The van der Waals surface area contributed by atoms with Crippen molar-refractivity contribution in [1.29, 1.82) is 0 Å². The molecule has 0 saturated heterocycles. The van der Waals surface area contributed by atoms with Gasteiger partial charge in [0.05, 0.1) is 15.3 Å². The Balaban J connectivity index is 2.09. The molecular formula is C21H11Cl3FNO2S. The largest absolute Gasteiger partial charge is 0.255 e. The van der Waals surface area contributed by atoms with E-state index < -0.39 is 15.7 Å². The van der Waals surface area contributed by atoms with Gasteiger partial charge in [0.15, 0.2) is 0 Å². The van der Waals surface area contributed by atoms with E-state index in [2.05, 4.69) is 4.98 Å². The van der Waals surface area contributed by atoms with Crippen molar-refractivity contribution in [3.63, 3.8) is 0 Å². The van der Waals surface area contributed by atoms with Crippen LogP contribution in [0.2, 0.25) is 15.1 Å². The van der Waals surface area contributed by atoms with E-state index in [1.165, 1.54) is 12.3 Å². The van der Waals surface area contributed by atoms with Crippen molar-refractivity contribution in [3.05, 3.63) is 87.7 Å². The van der Waals surface area contributed by atoms with Gasteiger partial charge in [-0.25, -0.2) is 12.8 Å². The van der Waals surface area contributed by atoms with Crippen molar-refractivity contribution >= 4 is 55.5 Å². The number of nitrogens with zero attached hydrogens (tertiary/aromatic N) is 1. The van der Waals surface area contributed by atoms with Gasteiger partial charge < -0.3 is 0 Å². The molecule has 0 atom stereocenters. The second kappa shape index (κ2) is 7.58. The molecule has 0 N–H and O–H groups in total. The van der Waals surface area contributed by atoms with Crippen molar-refractivity contribution in [3.8, 4) is 11.1 Å². The molecule has 0 aliphatic heterocycles. The first-order valence-corrected chi connectivity index (χ1v) is 10.9. The van der Waals surface area contributed by atoms with Gasteiger partial charge in [-0.3, -0.25) is 4.98 Å². The molecule has 1 heterocycles. The lowest BCUT2D eigenvalue weighted by Crippen LogP contribution is -2.06. The Morgan fingerprint density at radius 2 is 1.59 bits per heavy atom. The lowest BCUT2D eigenvalue weighted by atomic mass is 10.0. The molecule has 0 amide bonds. The zero-order valence-electron chi connectivity index (χ0n) is 14.5. The van der Waals surface area contributed by atoms with Crippen molar-refractivity contribution < 1.29 is 12.8 Å². The minimum absolute atomic E-state index is 0.0200. The minimum atomic E-state index is -4.14. The Morgan fingerprint density at radius 1 is 0.828 bits per heavy atom. The molecule has 0 spiro atoms. The van der Waals surface area contributed by atoms with E-state index >= 15 is 0 Å². The van der Waals surface area contributed by atoms with Crippen LogP contribution in [0.25, 0.3) is 22.0 Å². The van der Waals surface area contributed by atoms with Crippen molar-refractivity contribution in [1.82, 2.24) is 4.98 Å². The number of aromatic nitrogens is 1. The van der Waals surface area contributed by atoms with Crippen LogP contribution in [-0.4, -0.2) is 13.4 Å². The van der Waals surface area contributed by atoms with Crippen LogP contribution in [0.3, 0.4) is 0 Å². The second-order valence-electron chi connectivity index (χ2n) is 6.28. The summed E-state index contributed by atoms with van der Waals surface area (Å²) >= 11 is 18.1. The van der Waals surface area contributed by atoms with Gasteiger partial charge in [0.2, 0.25) is 9.84 Å². The monoisotopic (exact) mass is 465 g/mol. The highest BCUT2D eigenvalue weighted by Gasteiger charge is 2.26. The highest BCUT2D eigenvalue weighted by Crippen LogP contribution is 2.38. The molecule has 29 heavy (non-hydrogen) atoms. The van der Waals surface area contributed by atoms with Crippen LogP contribution in [0.4, 0.5) is 4.39 Å². The molecule has 3 nitrogen and oxygen atoms in total. The summed E-state index contributed by atoms with van der Waals surface area (Å²) in [6, 6.07) is 15.0. The highest BCUT2D eigenvalue weighted by molar-refractivity contribution is 7.91. The van der Waals surface area contributed by atoms with Crippen molar-refractivity contribution in [2.75, 3.05) is 0 Å². The Kier molecular flexibility index (Phi) is 5.25. The average molecular weight is 467 g/mol. The Morgan fingerprint density at radius 3 is 2.31 bits per heavy atom. The first-order chi connectivity index (χ1) is 13.8. The molecule has 4 aromatic rings. The van der Waals surface area contributed by atoms with Crippen LogP contribution < -0.4 is 0 Å². The maximum atomic E-state index is 13.9. The first-order valence-electron chi connectivity index (χ1n) is 8.31. The van der Waals surface area contributed by atoms with Gasteiger partial charge >= 0.3 is 0 Å².